The average Bonchev–Trinajstić information content (AvgIpc) is 1.59. The van der Waals surface area contributed by atoms with Gasteiger partial charge in [-0.3, -0.25) is 0 Å². The minimum absolute atomic E-state index is 0.810. The summed E-state index contributed by atoms with van der Waals surface area (Å²) < 4.78 is 22.7. The van der Waals surface area contributed by atoms with E-state index < -0.39 is 0 Å². The first kappa shape index (κ1) is 87.4. The summed E-state index contributed by atoms with van der Waals surface area (Å²) in [5.41, 5.74) is 7.91. The lowest BCUT2D eigenvalue weighted by Crippen LogP contribution is -2.05. The summed E-state index contributed by atoms with van der Waals surface area (Å²) in [7, 11) is 0. The highest BCUT2D eigenvalue weighted by molar-refractivity contribution is 7.39. The molecule has 0 N–H and O–H groups in total. The molecule has 0 aliphatic rings. The van der Waals surface area contributed by atoms with Gasteiger partial charge in [-0.05, 0) is 269 Å². The van der Waals surface area contributed by atoms with E-state index in [4.69, 9.17) is 0 Å². The maximum atomic E-state index is 3.32. The Hall–Kier alpha value is -10.9. The molecule has 0 fully saturated rings. The first-order valence-corrected chi connectivity index (χ1v) is 55.4. The van der Waals surface area contributed by atoms with Gasteiger partial charge in [-0.15, -0.1) is 90.7 Å². The van der Waals surface area contributed by atoms with Gasteiger partial charge in [-0.25, -0.2) is 0 Å². The van der Waals surface area contributed by atoms with Crippen LogP contribution in [0.5, 0.6) is 0 Å². The Kier molecular flexibility index (Phi) is 25.5. The van der Waals surface area contributed by atoms with Gasteiger partial charge in [0.05, 0.1) is 37.6 Å². The average molecular weight is 1870 g/mol. The number of benzene rings is 17. The van der Waals surface area contributed by atoms with E-state index in [0.29, 0.717) is 0 Å². The zero-order chi connectivity index (χ0) is 89.6. The predicted octanol–water partition coefficient (Wildman–Crippen LogP) is 42.0. The van der Waals surface area contributed by atoms with E-state index in [1.54, 1.807) is 0 Å². The molecule has 133 heavy (non-hydrogen) atoms. The lowest BCUT2D eigenvalue weighted by molar-refractivity contribution is 0.408. The van der Waals surface area contributed by atoms with Crippen molar-refractivity contribution in [1.82, 2.24) is 0 Å². The van der Waals surface area contributed by atoms with Crippen LogP contribution in [0.1, 0.15) is 184 Å². The van der Waals surface area contributed by atoms with Crippen LogP contribution < -0.4 is 0 Å². The van der Waals surface area contributed by atoms with Crippen LogP contribution in [0.3, 0.4) is 0 Å². The van der Waals surface area contributed by atoms with E-state index >= 15 is 0 Å². The van der Waals surface area contributed by atoms with E-state index in [1.807, 2.05) is 121 Å². The Morgan fingerprint density at radius 2 is 0.489 bits per heavy atom. The van der Waals surface area contributed by atoms with Crippen molar-refractivity contribution >= 4 is 295 Å². The smallest absolute Gasteiger partial charge is 0.0542 e. The maximum absolute atomic E-state index is 3.32. The third-order valence-electron chi connectivity index (χ3n) is 28.0. The molecule has 0 radical (unpaired) electrons. The van der Waals surface area contributed by atoms with Gasteiger partial charge in [0.1, 0.15) is 0 Å². The Bertz CT molecular complexity index is 8750. The molecular weight excluding hydrogens is 1760 g/mol. The van der Waals surface area contributed by atoms with Crippen molar-refractivity contribution in [3.05, 3.63) is 325 Å². The molecule has 8 aromatic heterocycles. The normalized spacial score (nSPS) is 12.5. The Labute approximate surface area is 812 Å². The maximum Gasteiger partial charge on any atom is 0.0542 e. The van der Waals surface area contributed by atoms with E-state index in [1.165, 1.54) is 362 Å². The lowest BCUT2D eigenvalue weighted by atomic mass is 9.88. The van der Waals surface area contributed by atoms with Gasteiger partial charge in [0.15, 0.2) is 0 Å². The van der Waals surface area contributed by atoms with E-state index in [-0.39, 0.29) is 0 Å². The van der Waals surface area contributed by atoms with Crippen LogP contribution in [0, 0.1) is 30.6 Å². The molecule has 0 bridgehead atoms. The molecule has 25 rings (SSSR count). The number of fused-ring (bicyclic) bond motifs is 28. The summed E-state index contributed by atoms with van der Waals surface area (Å²) in [6.07, 6.45) is 28.1. The lowest BCUT2D eigenvalue weighted by Gasteiger charge is -2.17. The molecule has 0 saturated carbocycles. The zero-order valence-corrected chi connectivity index (χ0v) is 83.5. The highest BCUT2D eigenvalue weighted by Gasteiger charge is 2.22. The number of rotatable bonds is 23. The van der Waals surface area contributed by atoms with E-state index in [9.17, 15) is 0 Å². The highest BCUT2D eigenvalue weighted by atomic mass is 32.1. The van der Waals surface area contributed by atoms with Crippen LogP contribution in [0.2, 0.25) is 0 Å². The largest absolute Gasteiger partial charge is 0.134 e. The number of unbranched alkanes of at least 4 members (excludes halogenated alkanes) is 10. The number of hydrogen-bond donors (Lipinski definition) is 0. The van der Waals surface area contributed by atoms with Crippen LogP contribution in [-0.2, 0) is 19.3 Å². The van der Waals surface area contributed by atoms with Crippen molar-refractivity contribution in [2.75, 3.05) is 0 Å². The van der Waals surface area contributed by atoms with Crippen LogP contribution in [0.15, 0.2) is 291 Å². The third kappa shape index (κ3) is 18.1. The first-order valence-electron chi connectivity index (χ1n) is 48.9. The van der Waals surface area contributed by atoms with Crippen molar-refractivity contribution < 1.29 is 0 Å². The summed E-state index contributed by atoms with van der Waals surface area (Å²) in [6.45, 7) is 13.7. The number of aryl methyl sites for hydroxylation is 2. The van der Waals surface area contributed by atoms with Gasteiger partial charge in [-0.1, -0.05) is 331 Å². The molecular formula is C125H110S8. The fourth-order valence-corrected chi connectivity index (χ4v) is 31.4. The highest BCUT2D eigenvalue weighted by Crippen LogP contribution is 2.52. The summed E-state index contributed by atoms with van der Waals surface area (Å²) in [4.78, 5) is 0. The van der Waals surface area contributed by atoms with Crippen molar-refractivity contribution in [3.8, 4) is 11.8 Å². The molecule has 658 valence electrons. The van der Waals surface area contributed by atoms with Gasteiger partial charge >= 0.3 is 0 Å². The van der Waals surface area contributed by atoms with Crippen LogP contribution in [-0.4, -0.2) is 0 Å². The molecule has 17 aromatic carbocycles. The topological polar surface area (TPSA) is 0 Å². The summed E-state index contributed by atoms with van der Waals surface area (Å²) in [5.74, 6) is 8.23. The molecule has 0 nitrogen and oxygen atoms in total. The van der Waals surface area contributed by atoms with E-state index in [2.05, 4.69) is 314 Å². The van der Waals surface area contributed by atoms with Crippen LogP contribution >= 0.6 is 90.7 Å². The minimum Gasteiger partial charge on any atom is -0.134 e. The molecule has 8 heteroatoms. The van der Waals surface area contributed by atoms with Crippen LogP contribution in [0.25, 0.3) is 204 Å². The van der Waals surface area contributed by atoms with Crippen molar-refractivity contribution in [2.45, 2.75) is 176 Å². The van der Waals surface area contributed by atoms with Gasteiger partial charge < -0.3 is 0 Å². The molecule has 0 saturated heterocycles. The monoisotopic (exact) mass is 1870 g/mol. The standard InChI is InChI=1S/C36H40S2.C31H18S2.C30H28S2.C28H24S2/c1-3-5-7-8-9-10-14-25(13-6-4-2)19-26-17-18-29-22-32-34(24-30(29)20-26)38-35-31-21-27-15-11-12-16-28(27)23-33(31)37-36(32)35;1-19-7-11-22-15-26-28(17-24(22)13-19)32-31-27-16-23-12-10-21(9-8-20-5-3-2-4-6-20)14-25(23)18-29(27)33-30(26)31;1-3-5-8-19(4-2)13-20-11-12-23-16-26-28(18-24(23)14-20)32-29-25-15-21-9-6-7-10-22(21)17-27(25)31-30(26)29;1-2-3-4-5-8-18-11-12-21-17-26-24(15-22(21)13-18)28-27(30-26)23-14-19-9-6-7-10-20(19)16-25(23)29-28/h11-12,15-18,20-25H,3-10,13-14,19H2,1-2H3;2-7,10-18H,1H3;6-7,9-12,14-19H,3-5,8,13H2,1-2H3;6-7,9-17H,2-5,8H2,1H3. The summed E-state index contributed by atoms with van der Waals surface area (Å²) in [5, 5.41) is 32.7. The fraction of sp³-hybridized carbons (Fsp3) is 0.232. The van der Waals surface area contributed by atoms with Crippen molar-refractivity contribution in [2.24, 2.45) is 11.8 Å². The summed E-state index contributed by atoms with van der Waals surface area (Å²) >= 11 is 15.6. The second-order valence-corrected chi connectivity index (χ2v) is 46.0. The van der Waals surface area contributed by atoms with Gasteiger partial charge in [0.2, 0.25) is 0 Å². The van der Waals surface area contributed by atoms with Gasteiger partial charge in [0, 0.05) is 91.8 Å². The zero-order valence-electron chi connectivity index (χ0n) is 77.0. The second-order valence-electron chi connectivity index (χ2n) is 37.6. The summed E-state index contributed by atoms with van der Waals surface area (Å²) in [6, 6.07) is 109. The second kappa shape index (κ2) is 38.8. The fourth-order valence-electron chi connectivity index (χ4n) is 20.6. The van der Waals surface area contributed by atoms with Crippen molar-refractivity contribution in [1.29, 1.82) is 0 Å². The molecule has 0 aliphatic heterocycles. The molecule has 0 spiro atoms. The predicted molar refractivity (Wildman–Crippen MR) is 606 cm³/mol. The van der Waals surface area contributed by atoms with E-state index in [0.717, 1.165) is 23.0 Å². The number of thiophene rings is 8. The molecule has 2 unspecified atom stereocenters. The molecule has 0 amide bonds. The van der Waals surface area contributed by atoms with Crippen molar-refractivity contribution in [3.63, 3.8) is 0 Å². The Morgan fingerprint density at radius 3 is 0.902 bits per heavy atom. The van der Waals surface area contributed by atoms with Gasteiger partial charge in [0.25, 0.3) is 0 Å². The molecule has 8 heterocycles. The molecule has 0 aliphatic carbocycles. The van der Waals surface area contributed by atoms with Crippen LogP contribution in [0.4, 0.5) is 0 Å². The molecule has 2 atom stereocenters. The Balaban J connectivity index is 0.000000104. The Morgan fingerprint density at radius 1 is 0.211 bits per heavy atom. The SMILES string of the molecule is CCCCC(CC)Cc1ccc2cc3c(cc2c1)sc1c2cc4ccccc4cc2sc31.CCCCCCCCC(CCCC)Cc1ccc2cc3c(cc2c1)sc1c2cc4ccccc4cc2sc31.CCCCCCc1ccc2cc3sc4c5cc6ccccc6cc5sc4c3cc2c1.Cc1ccc2cc3c(cc2c1)sc1c2cc4ccc(C#Cc5ccccc5)cc4cc2sc31. The minimum atomic E-state index is 0.810. The third-order valence-corrected chi connectivity index (χ3v) is 38.0. The van der Waals surface area contributed by atoms with Gasteiger partial charge in [-0.2, -0.15) is 0 Å². The molecule has 25 aromatic rings. The first-order chi connectivity index (χ1) is 65.5. The quantitative estimate of drug-likeness (QED) is 0.0442. The number of hydrogen-bond acceptors (Lipinski definition) is 8.